The summed E-state index contributed by atoms with van der Waals surface area (Å²) in [6.07, 6.45) is 8.99. The molecule has 0 aromatic carbocycles. The van der Waals surface area contributed by atoms with Gasteiger partial charge >= 0.3 is 0 Å². The fourth-order valence-electron chi connectivity index (χ4n) is 0.829. The van der Waals surface area contributed by atoms with Gasteiger partial charge in [-0.05, 0) is 18.6 Å². The van der Waals surface area contributed by atoms with Gasteiger partial charge in [-0.2, -0.15) is 0 Å². The van der Waals surface area contributed by atoms with Crippen LogP contribution in [0.2, 0.25) is 0 Å². The molecule has 0 aromatic heterocycles. The first-order chi connectivity index (χ1) is 5.93. The van der Waals surface area contributed by atoms with E-state index in [0.717, 1.165) is 12.7 Å². The predicted molar refractivity (Wildman–Crippen MR) is 44.4 cm³/mol. The molecular weight excluding hydrogens is 156 g/mol. The van der Waals surface area contributed by atoms with Gasteiger partial charge in [-0.3, -0.25) is 0 Å². The molecule has 3 nitrogen and oxygen atoms in total. The van der Waals surface area contributed by atoms with Gasteiger partial charge in [0, 0.05) is 6.42 Å². The highest BCUT2D eigenvalue weighted by Crippen LogP contribution is 2.04. The van der Waals surface area contributed by atoms with Gasteiger partial charge in [0.25, 0.3) is 0 Å². The minimum atomic E-state index is -0.276. The first-order valence-corrected chi connectivity index (χ1v) is 3.97. The number of rotatable bonds is 5. The van der Waals surface area contributed by atoms with E-state index in [0.29, 0.717) is 13.0 Å². The quantitative estimate of drug-likeness (QED) is 0.460. The highest BCUT2D eigenvalue weighted by molar-refractivity contribution is 5.48. The van der Waals surface area contributed by atoms with Crippen molar-refractivity contribution in [3.05, 3.63) is 24.5 Å². The van der Waals surface area contributed by atoms with Crippen molar-refractivity contribution in [2.45, 2.75) is 19.1 Å². The highest BCUT2D eigenvalue weighted by Gasteiger charge is 2.04. The summed E-state index contributed by atoms with van der Waals surface area (Å²) in [7, 11) is 0. The summed E-state index contributed by atoms with van der Waals surface area (Å²) in [6.45, 7) is 0.557. The molecule has 0 N–H and O–H groups in total. The van der Waals surface area contributed by atoms with Crippen LogP contribution in [0.15, 0.2) is 24.5 Å². The molecule has 0 aromatic rings. The molecule has 0 fully saturated rings. The lowest BCUT2D eigenvalue weighted by atomic mass is 10.3. The molecule has 1 unspecified atom stereocenters. The highest BCUT2D eigenvalue weighted by atomic mass is 16.7. The Morgan fingerprint density at radius 2 is 2.42 bits per heavy atom. The summed E-state index contributed by atoms with van der Waals surface area (Å²) in [5, 5.41) is 0. The van der Waals surface area contributed by atoms with Crippen molar-refractivity contribution in [2.75, 3.05) is 6.61 Å². The summed E-state index contributed by atoms with van der Waals surface area (Å²) in [5.74, 6) is 0. The van der Waals surface area contributed by atoms with Crippen molar-refractivity contribution < 1.29 is 14.3 Å². The molecule has 1 rings (SSSR count). The third-order valence-electron chi connectivity index (χ3n) is 1.42. The van der Waals surface area contributed by atoms with Crippen molar-refractivity contribution >= 4 is 6.29 Å². The third kappa shape index (κ3) is 3.34. The zero-order chi connectivity index (χ0) is 8.65. The van der Waals surface area contributed by atoms with Crippen LogP contribution in [0, 0.1) is 0 Å². The maximum Gasteiger partial charge on any atom is 0.219 e. The monoisotopic (exact) mass is 168 g/mol. The van der Waals surface area contributed by atoms with Gasteiger partial charge in [-0.1, -0.05) is 6.08 Å². The third-order valence-corrected chi connectivity index (χ3v) is 1.42. The van der Waals surface area contributed by atoms with E-state index in [1.807, 2.05) is 12.2 Å². The van der Waals surface area contributed by atoms with Crippen LogP contribution in [-0.2, 0) is 14.3 Å². The Labute approximate surface area is 71.7 Å². The average Bonchev–Trinajstić information content (AvgIpc) is 2.14. The van der Waals surface area contributed by atoms with Gasteiger partial charge in [-0.15, -0.1) is 0 Å². The molecule has 0 saturated heterocycles. The van der Waals surface area contributed by atoms with Gasteiger partial charge < -0.3 is 14.3 Å². The SMILES string of the molecule is O=CCCCOC1C=CC=CO1. The number of hydrogen-bond donors (Lipinski definition) is 0. The van der Waals surface area contributed by atoms with E-state index < -0.39 is 0 Å². The molecule has 0 radical (unpaired) electrons. The Morgan fingerprint density at radius 3 is 3.08 bits per heavy atom. The molecule has 0 bridgehead atoms. The molecule has 3 heteroatoms. The van der Waals surface area contributed by atoms with Crippen LogP contribution in [0.4, 0.5) is 0 Å². The Hall–Kier alpha value is -1.09. The topological polar surface area (TPSA) is 35.5 Å². The van der Waals surface area contributed by atoms with Crippen LogP contribution in [0.3, 0.4) is 0 Å². The standard InChI is InChI=1S/C9H12O3/c10-6-2-4-8-12-9-5-1-3-7-11-9/h1,3,5-7,9H,2,4,8H2. The number of hydrogen-bond acceptors (Lipinski definition) is 3. The first-order valence-electron chi connectivity index (χ1n) is 3.97. The van der Waals surface area contributed by atoms with Crippen LogP contribution in [0.1, 0.15) is 12.8 Å². The van der Waals surface area contributed by atoms with Crippen molar-refractivity contribution in [1.82, 2.24) is 0 Å². The van der Waals surface area contributed by atoms with Crippen molar-refractivity contribution in [1.29, 1.82) is 0 Å². The molecule has 1 heterocycles. The van der Waals surface area contributed by atoms with Crippen LogP contribution < -0.4 is 0 Å². The van der Waals surface area contributed by atoms with E-state index in [2.05, 4.69) is 0 Å². The number of carbonyl (C=O) groups excluding carboxylic acids is 1. The summed E-state index contributed by atoms with van der Waals surface area (Å²) in [5.41, 5.74) is 0. The minimum Gasteiger partial charge on any atom is -0.469 e. The molecule has 1 atom stereocenters. The second kappa shape index (κ2) is 5.55. The van der Waals surface area contributed by atoms with E-state index in [4.69, 9.17) is 9.47 Å². The Balaban J connectivity index is 2.03. The molecule has 0 spiro atoms. The fraction of sp³-hybridized carbons (Fsp3) is 0.444. The van der Waals surface area contributed by atoms with Crippen LogP contribution in [0.25, 0.3) is 0 Å². The summed E-state index contributed by atoms with van der Waals surface area (Å²) in [4.78, 5) is 9.94. The number of allylic oxidation sites excluding steroid dienone is 2. The number of unbranched alkanes of at least 4 members (excludes halogenated alkanes) is 1. The number of aldehydes is 1. The Morgan fingerprint density at radius 1 is 1.50 bits per heavy atom. The van der Waals surface area contributed by atoms with Gasteiger partial charge in [-0.25, -0.2) is 0 Å². The van der Waals surface area contributed by atoms with E-state index in [-0.39, 0.29) is 6.29 Å². The second-order valence-electron chi connectivity index (χ2n) is 2.40. The molecule has 12 heavy (non-hydrogen) atoms. The maximum absolute atomic E-state index is 9.94. The van der Waals surface area contributed by atoms with Crippen LogP contribution in [0.5, 0.6) is 0 Å². The number of carbonyl (C=O) groups is 1. The van der Waals surface area contributed by atoms with Crippen LogP contribution >= 0.6 is 0 Å². The fourth-order valence-corrected chi connectivity index (χ4v) is 0.829. The first kappa shape index (κ1) is 9.00. The average molecular weight is 168 g/mol. The Bertz CT molecular complexity index is 184. The zero-order valence-corrected chi connectivity index (χ0v) is 6.81. The zero-order valence-electron chi connectivity index (χ0n) is 6.81. The minimum absolute atomic E-state index is 0.276. The van der Waals surface area contributed by atoms with Gasteiger partial charge in [0.2, 0.25) is 6.29 Å². The van der Waals surface area contributed by atoms with Crippen molar-refractivity contribution in [3.8, 4) is 0 Å². The van der Waals surface area contributed by atoms with Gasteiger partial charge in [0.1, 0.15) is 6.29 Å². The van der Waals surface area contributed by atoms with Crippen molar-refractivity contribution in [2.24, 2.45) is 0 Å². The van der Waals surface area contributed by atoms with E-state index in [1.54, 1.807) is 12.3 Å². The van der Waals surface area contributed by atoms with E-state index in [1.165, 1.54) is 0 Å². The van der Waals surface area contributed by atoms with Crippen molar-refractivity contribution in [3.63, 3.8) is 0 Å². The second-order valence-corrected chi connectivity index (χ2v) is 2.40. The normalized spacial score (nSPS) is 20.5. The molecule has 1 aliphatic heterocycles. The summed E-state index contributed by atoms with van der Waals surface area (Å²) >= 11 is 0. The molecule has 0 saturated carbocycles. The van der Waals surface area contributed by atoms with E-state index >= 15 is 0 Å². The predicted octanol–water partition coefficient (Wildman–Crippen LogP) is 1.41. The largest absolute Gasteiger partial charge is 0.469 e. The maximum atomic E-state index is 9.94. The van der Waals surface area contributed by atoms with Gasteiger partial charge in [0.15, 0.2) is 0 Å². The summed E-state index contributed by atoms with van der Waals surface area (Å²) < 4.78 is 10.3. The molecular formula is C9H12O3. The summed E-state index contributed by atoms with van der Waals surface area (Å²) in [6, 6.07) is 0. The molecule has 0 amide bonds. The van der Waals surface area contributed by atoms with Gasteiger partial charge in [0.05, 0.1) is 12.9 Å². The molecule has 0 aliphatic carbocycles. The lowest BCUT2D eigenvalue weighted by Gasteiger charge is -2.14. The molecule has 66 valence electrons. The van der Waals surface area contributed by atoms with Crippen LogP contribution in [-0.4, -0.2) is 19.2 Å². The molecule has 1 aliphatic rings. The smallest absolute Gasteiger partial charge is 0.219 e. The number of ether oxygens (including phenoxy) is 2. The lowest BCUT2D eigenvalue weighted by Crippen LogP contribution is -2.13. The Kier molecular flexibility index (Phi) is 4.16. The van der Waals surface area contributed by atoms with E-state index in [9.17, 15) is 4.79 Å². The lowest BCUT2D eigenvalue weighted by molar-refractivity contribution is -0.109.